The fourth-order valence-corrected chi connectivity index (χ4v) is 2.28. The fraction of sp³-hybridized carbons (Fsp3) is 0.214. The van der Waals surface area contributed by atoms with E-state index in [1.807, 2.05) is 30.9 Å². The van der Waals surface area contributed by atoms with Crippen molar-refractivity contribution in [3.8, 4) is 0 Å². The standard InChI is InChI=1S/C14H15N5O2/c1-17-8-6-15-11(17)9-18(2)13-12(14(20)21)19-7-4-3-5-10(19)16-13/h3-8H,9H2,1-2H3,(H,20,21). The van der Waals surface area contributed by atoms with Gasteiger partial charge in [-0.2, -0.15) is 0 Å². The number of hydrogen-bond acceptors (Lipinski definition) is 4. The summed E-state index contributed by atoms with van der Waals surface area (Å²) in [5.74, 6) is 0.262. The lowest BCUT2D eigenvalue weighted by molar-refractivity contribution is 0.0690. The van der Waals surface area contributed by atoms with Gasteiger partial charge in [0.05, 0.1) is 6.54 Å². The van der Waals surface area contributed by atoms with E-state index in [0.717, 1.165) is 5.82 Å². The number of aromatic carboxylic acids is 1. The highest BCUT2D eigenvalue weighted by Crippen LogP contribution is 2.22. The Hall–Kier alpha value is -2.83. The third-order valence-electron chi connectivity index (χ3n) is 3.38. The third-order valence-corrected chi connectivity index (χ3v) is 3.38. The van der Waals surface area contributed by atoms with Gasteiger partial charge < -0.3 is 14.6 Å². The van der Waals surface area contributed by atoms with Gasteiger partial charge in [-0.1, -0.05) is 6.07 Å². The summed E-state index contributed by atoms with van der Waals surface area (Å²) in [7, 11) is 3.71. The molecule has 3 aromatic rings. The van der Waals surface area contributed by atoms with Crippen molar-refractivity contribution in [1.82, 2.24) is 18.9 Å². The fourth-order valence-electron chi connectivity index (χ4n) is 2.28. The Balaban J connectivity index is 2.05. The lowest BCUT2D eigenvalue weighted by Gasteiger charge is -2.16. The van der Waals surface area contributed by atoms with Crippen molar-refractivity contribution in [1.29, 1.82) is 0 Å². The van der Waals surface area contributed by atoms with Gasteiger partial charge in [0.25, 0.3) is 0 Å². The first-order valence-electron chi connectivity index (χ1n) is 6.45. The molecule has 0 unspecified atom stereocenters. The lowest BCUT2D eigenvalue weighted by Crippen LogP contribution is -2.21. The predicted molar refractivity (Wildman–Crippen MR) is 77.5 cm³/mol. The van der Waals surface area contributed by atoms with Crippen LogP contribution >= 0.6 is 0 Å². The van der Waals surface area contributed by atoms with E-state index in [1.54, 1.807) is 33.8 Å². The van der Waals surface area contributed by atoms with Gasteiger partial charge in [0.15, 0.2) is 11.5 Å². The van der Waals surface area contributed by atoms with E-state index in [-0.39, 0.29) is 5.69 Å². The predicted octanol–water partition coefficient (Wildman–Crippen LogP) is 1.40. The van der Waals surface area contributed by atoms with Gasteiger partial charge >= 0.3 is 5.97 Å². The number of carbonyl (C=O) groups is 1. The first-order chi connectivity index (χ1) is 10.1. The summed E-state index contributed by atoms with van der Waals surface area (Å²) in [5.41, 5.74) is 0.763. The molecule has 7 heteroatoms. The van der Waals surface area contributed by atoms with E-state index in [0.29, 0.717) is 18.0 Å². The summed E-state index contributed by atoms with van der Waals surface area (Å²) in [6.45, 7) is 0.480. The molecule has 0 fully saturated rings. The molecule has 0 saturated carbocycles. The van der Waals surface area contributed by atoms with E-state index >= 15 is 0 Å². The minimum atomic E-state index is -1.00. The molecular formula is C14H15N5O2. The number of anilines is 1. The molecule has 0 aliphatic rings. The molecule has 0 aliphatic carbocycles. The molecule has 3 aromatic heterocycles. The van der Waals surface area contributed by atoms with E-state index < -0.39 is 5.97 Å². The number of carboxylic acids is 1. The highest BCUT2D eigenvalue weighted by Gasteiger charge is 2.21. The zero-order valence-electron chi connectivity index (χ0n) is 11.8. The average Bonchev–Trinajstić information content (AvgIpc) is 3.02. The molecule has 0 amide bonds. The Morgan fingerprint density at radius 3 is 2.86 bits per heavy atom. The van der Waals surface area contributed by atoms with Gasteiger partial charge in [-0.15, -0.1) is 0 Å². The molecule has 3 heterocycles. The highest BCUT2D eigenvalue weighted by molar-refractivity contribution is 5.93. The number of fused-ring (bicyclic) bond motifs is 1. The maximum atomic E-state index is 11.6. The first kappa shape index (κ1) is 13.2. The number of rotatable bonds is 4. The molecule has 0 radical (unpaired) electrons. The number of aryl methyl sites for hydroxylation is 1. The summed E-state index contributed by atoms with van der Waals surface area (Å²) in [6, 6.07) is 5.39. The Kier molecular flexibility index (Phi) is 3.09. The first-order valence-corrected chi connectivity index (χ1v) is 6.45. The minimum absolute atomic E-state index is 0.155. The van der Waals surface area contributed by atoms with Crippen LogP contribution in [0.3, 0.4) is 0 Å². The van der Waals surface area contributed by atoms with E-state index in [2.05, 4.69) is 9.97 Å². The van der Waals surface area contributed by atoms with Gasteiger partial charge in [-0.05, 0) is 12.1 Å². The summed E-state index contributed by atoms with van der Waals surface area (Å²) < 4.78 is 3.47. The summed E-state index contributed by atoms with van der Waals surface area (Å²) in [4.78, 5) is 22.0. The number of aromatic nitrogens is 4. The Morgan fingerprint density at radius 1 is 1.38 bits per heavy atom. The van der Waals surface area contributed by atoms with Crippen LogP contribution in [0.15, 0.2) is 36.8 Å². The van der Waals surface area contributed by atoms with Crippen LogP contribution in [-0.4, -0.2) is 37.1 Å². The second-order valence-electron chi connectivity index (χ2n) is 4.83. The molecule has 7 nitrogen and oxygen atoms in total. The quantitative estimate of drug-likeness (QED) is 0.784. The highest BCUT2D eigenvalue weighted by atomic mass is 16.4. The van der Waals surface area contributed by atoms with Crippen molar-refractivity contribution in [2.24, 2.45) is 7.05 Å². The molecule has 0 bridgehead atoms. The van der Waals surface area contributed by atoms with Crippen LogP contribution in [0.4, 0.5) is 5.82 Å². The molecule has 108 valence electrons. The van der Waals surface area contributed by atoms with Crippen molar-refractivity contribution < 1.29 is 9.90 Å². The average molecular weight is 285 g/mol. The zero-order chi connectivity index (χ0) is 15.0. The molecule has 3 rings (SSSR count). The SMILES string of the molecule is CN(Cc1nccn1C)c1nc2ccccn2c1C(=O)O. The Morgan fingerprint density at radius 2 is 2.19 bits per heavy atom. The largest absolute Gasteiger partial charge is 0.476 e. The van der Waals surface area contributed by atoms with Gasteiger partial charge in [0.2, 0.25) is 0 Å². The number of nitrogens with zero attached hydrogens (tertiary/aromatic N) is 5. The lowest BCUT2D eigenvalue weighted by atomic mass is 10.4. The second kappa shape index (κ2) is 4.93. The molecule has 1 N–H and O–H groups in total. The summed E-state index contributed by atoms with van der Waals surface area (Å²) in [5, 5.41) is 9.47. The Labute approximate surface area is 121 Å². The van der Waals surface area contributed by atoms with E-state index in [1.165, 1.54) is 0 Å². The summed E-state index contributed by atoms with van der Waals surface area (Å²) in [6.07, 6.45) is 5.26. The van der Waals surface area contributed by atoms with Gasteiger partial charge in [0.1, 0.15) is 11.5 Å². The van der Waals surface area contributed by atoms with Crippen LogP contribution in [0, 0.1) is 0 Å². The van der Waals surface area contributed by atoms with Crippen LogP contribution in [0.1, 0.15) is 16.3 Å². The molecule has 0 saturated heterocycles. The number of carboxylic acid groups (broad SMARTS) is 1. The Bertz CT molecular complexity index is 805. The normalized spacial score (nSPS) is 11.0. The van der Waals surface area contributed by atoms with Crippen molar-refractivity contribution in [3.05, 3.63) is 48.3 Å². The topological polar surface area (TPSA) is 75.7 Å². The van der Waals surface area contributed by atoms with Crippen molar-refractivity contribution in [2.45, 2.75) is 6.54 Å². The smallest absolute Gasteiger partial charge is 0.356 e. The summed E-state index contributed by atoms with van der Waals surface area (Å²) >= 11 is 0. The number of hydrogen-bond donors (Lipinski definition) is 1. The van der Waals surface area contributed by atoms with E-state index in [9.17, 15) is 9.90 Å². The van der Waals surface area contributed by atoms with Crippen LogP contribution in [0.25, 0.3) is 5.65 Å². The van der Waals surface area contributed by atoms with Crippen molar-refractivity contribution in [3.63, 3.8) is 0 Å². The zero-order valence-corrected chi connectivity index (χ0v) is 11.8. The monoisotopic (exact) mass is 285 g/mol. The van der Waals surface area contributed by atoms with Gasteiger partial charge in [-0.3, -0.25) is 4.40 Å². The van der Waals surface area contributed by atoms with Crippen molar-refractivity contribution >= 4 is 17.4 Å². The molecule has 0 atom stereocenters. The van der Waals surface area contributed by atoms with E-state index in [4.69, 9.17) is 0 Å². The second-order valence-corrected chi connectivity index (χ2v) is 4.83. The maximum absolute atomic E-state index is 11.6. The maximum Gasteiger partial charge on any atom is 0.356 e. The third kappa shape index (κ3) is 2.22. The molecule has 0 aromatic carbocycles. The molecule has 0 spiro atoms. The molecular weight excluding hydrogens is 270 g/mol. The van der Waals surface area contributed by atoms with Crippen LogP contribution in [-0.2, 0) is 13.6 Å². The van der Waals surface area contributed by atoms with Gasteiger partial charge in [0, 0.05) is 32.7 Å². The van der Waals surface area contributed by atoms with Crippen LogP contribution in [0.5, 0.6) is 0 Å². The minimum Gasteiger partial charge on any atom is -0.476 e. The van der Waals surface area contributed by atoms with Crippen LogP contribution < -0.4 is 4.90 Å². The molecule has 21 heavy (non-hydrogen) atoms. The molecule has 0 aliphatic heterocycles. The van der Waals surface area contributed by atoms with Crippen LogP contribution in [0.2, 0.25) is 0 Å². The van der Waals surface area contributed by atoms with Gasteiger partial charge in [-0.25, -0.2) is 14.8 Å². The number of imidazole rings is 2. The van der Waals surface area contributed by atoms with Crippen molar-refractivity contribution in [2.75, 3.05) is 11.9 Å². The number of pyridine rings is 1.